The summed E-state index contributed by atoms with van der Waals surface area (Å²) in [6.07, 6.45) is 2.54. The van der Waals surface area contributed by atoms with Crippen LogP contribution in [0.5, 0.6) is 0 Å². The lowest BCUT2D eigenvalue weighted by Crippen LogP contribution is -2.20. The molecule has 0 atom stereocenters. The highest BCUT2D eigenvalue weighted by Gasteiger charge is 2.18. The van der Waals surface area contributed by atoms with E-state index in [1.807, 2.05) is 13.8 Å². The molecule has 0 saturated carbocycles. The van der Waals surface area contributed by atoms with Gasteiger partial charge in [0.15, 0.2) is 0 Å². The normalized spacial score (nSPS) is 11.4. The van der Waals surface area contributed by atoms with Gasteiger partial charge in [-0.15, -0.1) is 0 Å². The summed E-state index contributed by atoms with van der Waals surface area (Å²) in [5.41, 5.74) is 0. The second-order valence-electron chi connectivity index (χ2n) is 1.93. The molecule has 0 fully saturated rings. The Morgan fingerprint density at radius 1 is 1.50 bits per heavy atom. The number of carbonyl (C=O) groups is 1. The van der Waals surface area contributed by atoms with Gasteiger partial charge in [-0.3, -0.25) is 0 Å². The predicted octanol–water partition coefficient (Wildman–Crippen LogP) is 1.67. The average molecular weight is 132 g/mol. The number of hydrogen-bond donors (Lipinski definition) is 1. The summed E-state index contributed by atoms with van der Waals surface area (Å²) in [7, 11) is 0. The van der Waals surface area contributed by atoms with Crippen molar-refractivity contribution in [1.29, 1.82) is 0 Å². The first-order chi connectivity index (χ1) is 3.68. The number of thiol groups is 1. The van der Waals surface area contributed by atoms with Gasteiger partial charge >= 0.3 is 0 Å². The van der Waals surface area contributed by atoms with Gasteiger partial charge in [-0.05, 0) is 12.8 Å². The minimum absolute atomic E-state index is 0.361. The van der Waals surface area contributed by atoms with Crippen LogP contribution >= 0.6 is 12.6 Å². The van der Waals surface area contributed by atoms with Crippen molar-refractivity contribution in [2.45, 2.75) is 31.4 Å². The van der Waals surface area contributed by atoms with Crippen LogP contribution in [-0.4, -0.2) is 11.0 Å². The van der Waals surface area contributed by atoms with Crippen molar-refractivity contribution >= 4 is 18.9 Å². The van der Waals surface area contributed by atoms with E-state index in [0.717, 1.165) is 19.1 Å². The van der Waals surface area contributed by atoms with Crippen molar-refractivity contribution in [2.75, 3.05) is 0 Å². The van der Waals surface area contributed by atoms with Crippen LogP contribution in [0.1, 0.15) is 26.7 Å². The van der Waals surface area contributed by atoms with Gasteiger partial charge in [-0.1, -0.05) is 13.8 Å². The largest absolute Gasteiger partial charge is 0.302 e. The molecule has 0 amide bonds. The minimum atomic E-state index is -0.361. The van der Waals surface area contributed by atoms with E-state index in [0.29, 0.717) is 0 Å². The van der Waals surface area contributed by atoms with Crippen LogP contribution in [0.2, 0.25) is 0 Å². The Balaban J connectivity index is 3.76. The van der Waals surface area contributed by atoms with Crippen molar-refractivity contribution in [1.82, 2.24) is 0 Å². The van der Waals surface area contributed by atoms with Gasteiger partial charge in [0.25, 0.3) is 0 Å². The Hall–Kier alpha value is 0.0200. The number of hydrogen-bond acceptors (Lipinski definition) is 2. The molecular formula is C6H12OS. The standard InChI is InChI=1S/C6H12OS/c1-3-6(8,4-2)5-7/h5,8H,3-4H2,1-2H3. The SMILES string of the molecule is CCC(S)(C=O)CC. The van der Waals surface area contributed by atoms with Gasteiger partial charge in [0.2, 0.25) is 0 Å². The van der Waals surface area contributed by atoms with Crippen LogP contribution in [-0.2, 0) is 4.79 Å². The predicted molar refractivity (Wildman–Crippen MR) is 38.4 cm³/mol. The first-order valence-electron chi connectivity index (χ1n) is 2.87. The highest BCUT2D eigenvalue weighted by molar-refractivity contribution is 7.82. The van der Waals surface area contributed by atoms with Crippen molar-refractivity contribution in [3.05, 3.63) is 0 Å². The Morgan fingerprint density at radius 3 is 1.88 bits per heavy atom. The van der Waals surface area contributed by atoms with Crippen LogP contribution in [0.15, 0.2) is 0 Å². The number of aldehydes is 1. The first-order valence-corrected chi connectivity index (χ1v) is 3.32. The average Bonchev–Trinajstić information content (AvgIpc) is 1.87. The molecule has 0 aromatic heterocycles. The summed E-state index contributed by atoms with van der Waals surface area (Å²) in [5.74, 6) is 0. The summed E-state index contributed by atoms with van der Waals surface area (Å²) in [4.78, 5) is 10.2. The van der Waals surface area contributed by atoms with E-state index in [-0.39, 0.29) is 4.75 Å². The van der Waals surface area contributed by atoms with E-state index in [2.05, 4.69) is 12.6 Å². The monoisotopic (exact) mass is 132 g/mol. The third-order valence-electron chi connectivity index (χ3n) is 1.44. The van der Waals surface area contributed by atoms with Crippen molar-refractivity contribution in [3.63, 3.8) is 0 Å². The zero-order valence-corrected chi connectivity index (χ0v) is 6.24. The molecule has 0 unspecified atom stereocenters. The molecule has 1 nitrogen and oxygen atoms in total. The molecule has 0 saturated heterocycles. The maximum Gasteiger partial charge on any atom is 0.135 e. The van der Waals surface area contributed by atoms with E-state index in [1.165, 1.54) is 0 Å². The fraction of sp³-hybridized carbons (Fsp3) is 0.833. The van der Waals surface area contributed by atoms with E-state index < -0.39 is 0 Å². The van der Waals surface area contributed by atoms with E-state index in [1.54, 1.807) is 0 Å². The molecule has 0 aromatic rings. The molecule has 0 spiro atoms. The quantitative estimate of drug-likeness (QED) is 0.456. The molecule has 0 radical (unpaired) electrons. The Labute approximate surface area is 55.9 Å². The number of rotatable bonds is 3. The highest BCUT2D eigenvalue weighted by Crippen LogP contribution is 2.19. The highest BCUT2D eigenvalue weighted by atomic mass is 32.1. The second kappa shape index (κ2) is 3.13. The second-order valence-corrected chi connectivity index (χ2v) is 2.82. The van der Waals surface area contributed by atoms with Crippen LogP contribution in [0.3, 0.4) is 0 Å². The fourth-order valence-electron chi connectivity index (χ4n) is 0.417. The summed E-state index contributed by atoms with van der Waals surface area (Å²) >= 11 is 4.15. The van der Waals surface area contributed by atoms with E-state index >= 15 is 0 Å². The van der Waals surface area contributed by atoms with Gasteiger partial charge in [-0.25, -0.2) is 0 Å². The maximum atomic E-state index is 10.2. The van der Waals surface area contributed by atoms with Crippen LogP contribution < -0.4 is 0 Å². The lowest BCUT2D eigenvalue weighted by atomic mass is 10.1. The smallest absolute Gasteiger partial charge is 0.135 e. The molecule has 0 bridgehead atoms. The molecule has 0 aliphatic heterocycles. The summed E-state index contributed by atoms with van der Waals surface area (Å²) < 4.78 is -0.361. The third-order valence-corrected chi connectivity index (χ3v) is 2.18. The Bertz CT molecular complexity index is 76.6. The molecular weight excluding hydrogens is 120 g/mol. The van der Waals surface area contributed by atoms with Gasteiger partial charge in [-0.2, -0.15) is 12.6 Å². The summed E-state index contributed by atoms with van der Waals surface area (Å²) in [6.45, 7) is 3.93. The zero-order valence-electron chi connectivity index (χ0n) is 5.35. The molecule has 48 valence electrons. The number of carbonyl (C=O) groups excluding carboxylic acids is 1. The van der Waals surface area contributed by atoms with Crippen LogP contribution in [0, 0.1) is 0 Å². The Morgan fingerprint density at radius 2 is 1.88 bits per heavy atom. The van der Waals surface area contributed by atoms with Crippen molar-refractivity contribution in [3.8, 4) is 0 Å². The maximum absolute atomic E-state index is 10.2. The first kappa shape index (κ1) is 8.02. The summed E-state index contributed by atoms with van der Waals surface area (Å²) in [6, 6.07) is 0. The molecule has 0 aliphatic rings. The molecule has 2 heteroatoms. The molecule has 0 heterocycles. The minimum Gasteiger partial charge on any atom is -0.302 e. The van der Waals surface area contributed by atoms with Gasteiger partial charge in [0.1, 0.15) is 6.29 Å². The fourth-order valence-corrected chi connectivity index (χ4v) is 0.417. The molecule has 0 rings (SSSR count). The van der Waals surface area contributed by atoms with Crippen molar-refractivity contribution in [2.24, 2.45) is 0 Å². The molecule has 0 aromatic carbocycles. The molecule has 0 aliphatic carbocycles. The molecule has 8 heavy (non-hydrogen) atoms. The zero-order chi connectivity index (χ0) is 6.62. The lowest BCUT2D eigenvalue weighted by molar-refractivity contribution is -0.109. The third kappa shape index (κ3) is 1.86. The topological polar surface area (TPSA) is 17.1 Å². The van der Waals surface area contributed by atoms with Crippen molar-refractivity contribution < 1.29 is 4.79 Å². The van der Waals surface area contributed by atoms with Crippen LogP contribution in [0.4, 0.5) is 0 Å². The van der Waals surface area contributed by atoms with Gasteiger partial charge < -0.3 is 4.79 Å². The summed E-state index contributed by atoms with van der Waals surface area (Å²) in [5, 5.41) is 0. The van der Waals surface area contributed by atoms with E-state index in [9.17, 15) is 4.79 Å². The Kier molecular flexibility index (Phi) is 3.13. The van der Waals surface area contributed by atoms with Gasteiger partial charge in [0, 0.05) is 0 Å². The lowest BCUT2D eigenvalue weighted by Gasteiger charge is -2.15. The van der Waals surface area contributed by atoms with Gasteiger partial charge in [0.05, 0.1) is 4.75 Å². The van der Waals surface area contributed by atoms with E-state index in [4.69, 9.17) is 0 Å². The van der Waals surface area contributed by atoms with Crippen LogP contribution in [0.25, 0.3) is 0 Å². The molecule has 0 N–H and O–H groups in total.